The highest BCUT2D eigenvalue weighted by molar-refractivity contribution is 5.84. The van der Waals surface area contributed by atoms with E-state index in [1.807, 2.05) is 26.8 Å². The number of aromatic nitrogens is 2. The van der Waals surface area contributed by atoms with Crippen molar-refractivity contribution in [3.05, 3.63) is 40.3 Å². The monoisotopic (exact) mass is 359 g/mol. The smallest absolute Gasteiger partial charge is 0.407 e. The van der Waals surface area contributed by atoms with Crippen LogP contribution in [0.3, 0.4) is 0 Å². The molecule has 0 saturated heterocycles. The van der Waals surface area contributed by atoms with E-state index < -0.39 is 17.3 Å². The lowest BCUT2D eigenvalue weighted by molar-refractivity contribution is -0.0136. The molecule has 0 spiro atoms. The third-order valence-corrected chi connectivity index (χ3v) is 4.67. The van der Waals surface area contributed by atoms with E-state index in [2.05, 4.69) is 15.5 Å². The second kappa shape index (κ2) is 6.72. The van der Waals surface area contributed by atoms with Crippen LogP contribution in [0, 0.1) is 0 Å². The van der Waals surface area contributed by atoms with Crippen molar-refractivity contribution in [1.82, 2.24) is 15.5 Å². The van der Waals surface area contributed by atoms with Crippen LogP contribution in [0.4, 0.5) is 4.79 Å². The molecule has 1 aliphatic rings. The summed E-state index contributed by atoms with van der Waals surface area (Å²) < 4.78 is 5.28. The van der Waals surface area contributed by atoms with Crippen molar-refractivity contribution < 1.29 is 14.6 Å². The fraction of sp³-hybridized carbons (Fsp3) is 0.526. The van der Waals surface area contributed by atoms with Gasteiger partial charge in [0.1, 0.15) is 16.9 Å². The van der Waals surface area contributed by atoms with Crippen molar-refractivity contribution in [2.75, 3.05) is 0 Å². The standard InChI is InChI=1S/C19H25N3O4/c1-18(2,3)26-17(24)20-12-8-10-19(25,11-9-12)15-13-6-4-5-7-14(13)16(23)22-21-15/h4-7,12,25H,8-11H2,1-3H3,(H,20,24)(H,22,23). The van der Waals surface area contributed by atoms with Crippen molar-refractivity contribution >= 4 is 16.9 Å². The molecule has 140 valence electrons. The molecule has 0 unspecified atom stereocenters. The Hall–Kier alpha value is -2.41. The Morgan fingerprint density at radius 3 is 2.50 bits per heavy atom. The zero-order chi connectivity index (χ0) is 18.9. The molecule has 26 heavy (non-hydrogen) atoms. The largest absolute Gasteiger partial charge is 0.444 e. The van der Waals surface area contributed by atoms with Crippen LogP contribution in [0.15, 0.2) is 29.1 Å². The molecule has 1 aromatic heterocycles. The van der Waals surface area contributed by atoms with E-state index in [1.54, 1.807) is 18.2 Å². The number of fused-ring (bicyclic) bond motifs is 1. The fourth-order valence-corrected chi connectivity index (χ4v) is 3.42. The molecule has 0 bridgehead atoms. The summed E-state index contributed by atoms with van der Waals surface area (Å²) in [4.78, 5) is 23.9. The van der Waals surface area contributed by atoms with E-state index >= 15 is 0 Å². The van der Waals surface area contributed by atoms with Gasteiger partial charge in [-0.3, -0.25) is 4.79 Å². The molecule has 1 aromatic carbocycles. The molecule has 0 atom stereocenters. The number of H-pyrrole nitrogens is 1. The second-order valence-electron chi connectivity index (χ2n) is 7.90. The molecule has 1 aliphatic carbocycles. The van der Waals surface area contributed by atoms with Crippen LogP contribution >= 0.6 is 0 Å². The maximum absolute atomic E-state index is 11.9. The highest BCUT2D eigenvalue weighted by Gasteiger charge is 2.38. The number of alkyl carbamates (subject to hydrolysis) is 1. The van der Waals surface area contributed by atoms with Gasteiger partial charge >= 0.3 is 6.09 Å². The SMILES string of the molecule is CC(C)(C)OC(=O)NC1CCC(O)(c2n[nH]c(=O)c3ccccc23)CC1. The Balaban J connectivity index is 1.74. The number of carbonyl (C=O) groups is 1. The Kier molecular flexibility index (Phi) is 4.75. The van der Waals surface area contributed by atoms with Gasteiger partial charge in [-0.15, -0.1) is 0 Å². The Bertz CT molecular complexity index is 861. The summed E-state index contributed by atoms with van der Waals surface area (Å²) in [6, 6.07) is 7.08. The molecule has 2 aromatic rings. The third kappa shape index (κ3) is 3.88. The van der Waals surface area contributed by atoms with E-state index in [0.717, 1.165) is 0 Å². The van der Waals surface area contributed by atoms with Crippen molar-refractivity contribution in [2.24, 2.45) is 0 Å². The zero-order valence-electron chi connectivity index (χ0n) is 15.3. The Morgan fingerprint density at radius 2 is 1.88 bits per heavy atom. The first-order chi connectivity index (χ1) is 12.2. The predicted octanol–water partition coefficient (Wildman–Crippen LogP) is 2.58. The molecule has 0 aliphatic heterocycles. The third-order valence-electron chi connectivity index (χ3n) is 4.67. The maximum Gasteiger partial charge on any atom is 0.407 e. The summed E-state index contributed by atoms with van der Waals surface area (Å²) in [5, 5.41) is 21.8. The molecule has 0 radical (unpaired) electrons. The summed E-state index contributed by atoms with van der Waals surface area (Å²) in [6.45, 7) is 5.46. The average Bonchev–Trinajstić information content (AvgIpc) is 2.56. The first-order valence-corrected chi connectivity index (χ1v) is 8.88. The molecule has 1 amide bonds. The van der Waals surface area contributed by atoms with Gasteiger partial charge in [-0.1, -0.05) is 18.2 Å². The van der Waals surface area contributed by atoms with E-state index in [9.17, 15) is 14.7 Å². The molecule has 7 heteroatoms. The molecule has 1 heterocycles. The minimum atomic E-state index is -1.13. The number of rotatable bonds is 2. The van der Waals surface area contributed by atoms with Gasteiger partial charge in [0.25, 0.3) is 5.56 Å². The number of benzene rings is 1. The fourth-order valence-electron chi connectivity index (χ4n) is 3.42. The minimum absolute atomic E-state index is 0.0563. The maximum atomic E-state index is 11.9. The first-order valence-electron chi connectivity index (χ1n) is 8.88. The predicted molar refractivity (Wildman–Crippen MR) is 97.9 cm³/mol. The zero-order valence-corrected chi connectivity index (χ0v) is 15.3. The number of carbonyl (C=O) groups excluding carboxylic acids is 1. The Labute approximate surface area is 151 Å². The quantitative estimate of drug-likeness (QED) is 0.764. The van der Waals surface area contributed by atoms with E-state index in [1.165, 1.54) is 0 Å². The average molecular weight is 359 g/mol. The van der Waals surface area contributed by atoms with Crippen LogP contribution in [0.25, 0.3) is 10.8 Å². The normalized spacial score (nSPS) is 23.6. The van der Waals surface area contributed by atoms with Gasteiger partial charge < -0.3 is 15.2 Å². The Morgan fingerprint density at radius 1 is 1.27 bits per heavy atom. The topological polar surface area (TPSA) is 104 Å². The molecule has 3 rings (SSSR count). The number of aliphatic hydroxyl groups is 1. The summed E-state index contributed by atoms with van der Waals surface area (Å²) in [6.07, 6.45) is 1.64. The number of amides is 1. The van der Waals surface area contributed by atoms with Crippen LogP contribution in [-0.2, 0) is 10.3 Å². The lowest BCUT2D eigenvalue weighted by atomic mass is 9.79. The van der Waals surface area contributed by atoms with Crippen LogP contribution in [-0.4, -0.2) is 33.0 Å². The van der Waals surface area contributed by atoms with Crippen molar-refractivity contribution in [2.45, 2.75) is 63.7 Å². The van der Waals surface area contributed by atoms with Gasteiger partial charge in [-0.25, -0.2) is 9.89 Å². The number of ether oxygens (including phenoxy) is 1. The molecule has 3 N–H and O–H groups in total. The second-order valence-corrected chi connectivity index (χ2v) is 7.90. The van der Waals surface area contributed by atoms with Gasteiger partial charge in [-0.2, -0.15) is 5.10 Å². The van der Waals surface area contributed by atoms with Crippen LogP contribution in [0.1, 0.15) is 52.1 Å². The highest BCUT2D eigenvalue weighted by atomic mass is 16.6. The lowest BCUT2D eigenvalue weighted by Gasteiger charge is -2.36. The van der Waals surface area contributed by atoms with E-state index in [4.69, 9.17) is 4.74 Å². The van der Waals surface area contributed by atoms with Gasteiger partial charge in [0.15, 0.2) is 0 Å². The van der Waals surface area contributed by atoms with E-state index in [-0.39, 0.29) is 11.6 Å². The van der Waals surface area contributed by atoms with Gasteiger partial charge in [-0.05, 0) is 52.5 Å². The van der Waals surface area contributed by atoms with Gasteiger partial charge in [0.05, 0.1) is 5.39 Å². The highest BCUT2D eigenvalue weighted by Crippen LogP contribution is 2.38. The number of nitrogens with one attached hydrogen (secondary N) is 2. The molecule has 1 fully saturated rings. The summed E-state index contributed by atoms with van der Waals surface area (Å²) >= 11 is 0. The van der Waals surface area contributed by atoms with Crippen LogP contribution in [0.5, 0.6) is 0 Å². The van der Waals surface area contributed by atoms with Crippen LogP contribution < -0.4 is 10.9 Å². The number of hydrogen-bond donors (Lipinski definition) is 3. The molecular weight excluding hydrogens is 334 g/mol. The minimum Gasteiger partial charge on any atom is -0.444 e. The van der Waals surface area contributed by atoms with Crippen molar-refractivity contribution in [3.63, 3.8) is 0 Å². The summed E-state index contributed by atoms with van der Waals surface area (Å²) in [7, 11) is 0. The van der Waals surface area contributed by atoms with Gasteiger partial charge in [0.2, 0.25) is 0 Å². The summed E-state index contributed by atoms with van der Waals surface area (Å²) in [5.41, 5.74) is -1.45. The van der Waals surface area contributed by atoms with Crippen molar-refractivity contribution in [1.29, 1.82) is 0 Å². The first kappa shape index (κ1) is 18.4. The number of nitrogens with zero attached hydrogens (tertiary/aromatic N) is 1. The van der Waals surface area contributed by atoms with Gasteiger partial charge in [0, 0.05) is 11.4 Å². The molecule has 1 saturated carbocycles. The number of aromatic amines is 1. The lowest BCUT2D eigenvalue weighted by Crippen LogP contribution is -2.44. The summed E-state index contributed by atoms with van der Waals surface area (Å²) in [5.74, 6) is 0. The van der Waals surface area contributed by atoms with Crippen LogP contribution in [0.2, 0.25) is 0 Å². The van der Waals surface area contributed by atoms with E-state index in [0.29, 0.717) is 42.1 Å². The number of hydrogen-bond acceptors (Lipinski definition) is 5. The van der Waals surface area contributed by atoms with Crippen molar-refractivity contribution in [3.8, 4) is 0 Å². The molecule has 7 nitrogen and oxygen atoms in total. The molecular formula is C19H25N3O4.